The Balaban J connectivity index is 2.25. The van der Waals surface area contributed by atoms with Crippen LogP contribution in [0.15, 0.2) is 47.4 Å². The van der Waals surface area contributed by atoms with Crippen LogP contribution in [0.2, 0.25) is 5.02 Å². The third kappa shape index (κ3) is 2.69. The Morgan fingerprint density at radius 2 is 1.95 bits per heavy atom. The lowest BCUT2D eigenvalue weighted by atomic mass is 10.3. The topological polar surface area (TPSA) is 43.8 Å². The second kappa shape index (κ2) is 5.54. The van der Waals surface area contributed by atoms with Crippen molar-refractivity contribution in [3.8, 4) is 5.69 Å². The third-order valence-corrected chi connectivity index (χ3v) is 3.98. The van der Waals surface area contributed by atoms with Crippen molar-refractivity contribution in [2.75, 3.05) is 5.73 Å². The van der Waals surface area contributed by atoms with Gasteiger partial charge in [0.15, 0.2) is 0 Å². The van der Waals surface area contributed by atoms with Gasteiger partial charge in [-0.25, -0.2) is 4.98 Å². The Morgan fingerprint density at radius 3 is 2.71 bits per heavy atom. The van der Waals surface area contributed by atoms with Crippen LogP contribution in [0.4, 0.5) is 14.7 Å². The van der Waals surface area contributed by atoms with E-state index < -0.39 is 5.76 Å². The van der Waals surface area contributed by atoms with Crippen molar-refractivity contribution in [3.05, 3.63) is 47.5 Å². The van der Waals surface area contributed by atoms with Gasteiger partial charge >= 0.3 is 0 Å². The lowest BCUT2D eigenvalue weighted by Crippen LogP contribution is -2.02. The number of hydrogen-bond donors (Lipinski definition) is 1. The van der Waals surface area contributed by atoms with Gasteiger partial charge in [0.25, 0.3) is 5.76 Å². The second-order valence-electron chi connectivity index (χ2n) is 4.28. The fourth-order valence-corrected chi connectivity index (χ4v) is 2.95. The predicted octanol–water partition coefficient (Wildman–Crippen LogP) is 4.58. The minimum Gasteiger partial charge on any atom is -0.369 e. The maximum absolute atomic E-state index is 12.7. The Morgan fingerprint density at radius 1 is 1.19 bits per heavy atom. The molecule has 0 bridgehead atoms. The van der Waals surface area contributed by atoms with Crippen LogP contribution in [0.25, 0.3) is 16.7 Å². The zero-order valence-corrected chi connectivity index (χ0v) is 12.2. The van der Waals surface area contributed by atoms with Gasteiger partial charge < -0.3 is 5.73 Å². The summed E-state index contributed by atoms with van der Waals surface area (Å²) in [7, 11) is 0. The molecular formula is C14H10ClF2N3S. The van der Waals surface area contributed by atoms with Crippen molar-refractivity contribution < 1.29 is 8.78 Å². The number of imidazole rings is 1. The fourth-order valence-electron chi connectivity index (χ4n) is 2.16. The van der Waals surface area contributed by atoms with Crippen LogP contribution in [-0.4, -0.2) is 15.3 Å². The molecule has 1 aromatic heterocycles. The molecule has 0 aliphatic carbocycles. The van der Waals surface area contributed by atoms with Crippen molar-refractivity contribution in [1.82, 2.24) is 9.55 Å². The van der Waals surface area contributed by atoms with Gasteiger partial charge in [-0.3, -0.25) is 4.57 Å². The third-order valence-electron chi connectivity index (χ3n) is 2.96. The number of rotatable bonds is 3. The normalized spacial score (nSPS) is 11.4. The molecule has 0 spiro atoms. The molecule has 0 fully saturated rings. The smallest absolute Gasteiger partial charge is 0.288 e. The molecule has 0 atom stereocenters. The fraction of sp³-hybridized carbons (Fsp3) is 0.0714. The summed E-state index contributed by atoms with van der Waals surface area (Å²) in [6.07, 6.45) is 0. The minimum atomic E-state index is -2.51. The number of nitrogen functional groups attached to an aromatic ring is 1. The number of halogens is 3. The molecule has 0 aliphatic rings. The zero-order chi connectivity index (χ0) is 15.0. The first-order chi connectivity index (χ1) is 10.1. The van der Waals surface area contributed by atoms with Crippen molar-refractivity contribution in [3.63, 3.8) is 0 Å². The van der Waals surface area contributed by atoms with Gasteiger partial charge in [-0.1, -0.05) is 35.5 Å². The monoisotopic (exact) mass is 325 g/mol. The molecule has 3 aromatic rings. The highest BCUT2D eigenvalue weighted by Gasteiger charge is 2.16. The van der Waals surface area contributed by atoms with Gasteiger partial charge in [0, 0.05) is 9.92 Å². The summed E-state index contributed by atoms with van der Waals surface area (Å²) >= 11 is 6.48. The summed E-state index contributed by atoms with van der Waals surface area (Å²) in [5.74, 6) is -2.28. The van der Waals surface area contributed by atoms with Gasteiger partial charge in [0.1, 0.15) is 0 Å². The van der Waals surface area contributed by atoms with Crippen LogP contribution in [-0.2, 0) is 0 Å². The summed E-state index contributed by atoms with van der Waals surface area (Å²) in [5.41, 5.74) is 7.85. The maximum Gasteiger partial charge on any atom is 0.288 e. The van der Waals surface area contributed by atoms with E-state index in [0.29, 0.717) is 38.4 Å². The van der Waals surface area contributed by atoms with Crippen molar-refractivity contribution in [2.24, 2.45) is 0 Å². The number of benzene rings is 2. The number of hydrogen-bond acceptors (Lipinski definition) is 3. The summed E-state index contributed by atoms with van der Waals surface area (Å²) in [6, 6.07) is 12.0. The molecule has 2 aromatic carbocycles. The first kappa shape index (κ1) is 14.2. The molecule has 0 radical (unpaired) electrons. The molecule has 1 heterocycles. The predicted molar refractivity (Wildman–Crippen MR) is 82.4 cm³/mol. The first-order valence-corrected chi connectivity index (χ1v) is 7.29. The summed E-state index contributed by atoms with van der Waals surface area (Å²) in [5, 5.41) is 0.530. The number of fused-ring (bicyclic) bond motifs is 1. The Hall–Kier alpha value is -1.79. The van der Waals surface area contributed by atoms with E-state index in [1.807, 2.05) is 0 Å². The van der Waals surface area contributed by atoms with E-state index in [9.17, 15) is 8.78 Å². The van der Waals surface area contributed by atoms with Gasteiger partial charge in [-0.2, -0.15) is 8.78 Å². The van der Waals surface area contributed by atoms with E-state index in [-0.39, 0.29) is 5.95 Å². The molecule has 21 heavy (non-hydrogen) atoms. The lowest BCUT2D eigenvalue weighted by Gasteiger charge is -2.12. The Kier molecular flexibility index (Phi) is 3.73. The van der Waals surface area contributed by atoms with E-state index in [0.717, 1.165) is 0 Å². The number of anilines is 1. The van der Waals surface area contributed by atoms with Crippen LogP contribution in [0, 0.1) is 0 Å². The molecule has 0 unspecified atom stereocenters. The van der Waals surface area contributed by atoms with E-state index in [1.54, 1.807) is 47.0 Å². The van der Waals surface area contributed by atoms with Crippen molar-refractivity contribution in [2.45, 2.75) is 10.7 Å². The molecule has 0 saturated heterocycles. The number of thioether (sulfide) groups is 1. The number of nitrogens with zero attached hydrogens (tertiary/aromatic N) is 2. The molecule has 108 valence electrons. The quantitative estimate of drug-likeness (QED) is 0.717. The SMILES string of the molecule is Nc1nc2ccc(Cl)cc2n1-c1ccccc1SC(F)F. The van der Waals surface area contributed by atoms with Crippen molar-refractivity contribution >= 4 is 40.3 Å². The zero-order valence-electron chi connectivity index (χ0n) is 10.6. The summed E-state index contributed by atoms with van der Waals surface area (Å²) < 4.78 is 27.0. The highest BCUT2D eigenvalue weighted by molar-refractivity contribution is 7.99. The molecular weight excluding hydrogens is 316 g/mol. The molecule has 0 aliphatic heterocycles. The highest BCUT2D eigenvalue weighted by Crippen LogP contribution is 2.34. The van der Waals surface area contributed by atoms with E-state index in [4.69, 9.17) is 17.3 Å². The number of alkyl halides is 2. The number of para-hydroxylation sites is 1. The minimum absolute atomic E-state index is 0.231. The molecule has 3 nitrogen and oxygen atoms in total. The van der Waals surface area contributed by atoms with E-state index in [1.165, 1.54) is 0 Å². The maximum atomic E-state index is 12.7. The standard InChI is InChI=1S/C14H10ClF2N3S/c15-8-5-6-9-11(7-8)20(14(18)19-9)10-3-1-2-4-12(10)21-13(16)17/h1-7,13H,(H2,18,19). The number of nitrogens with two attached hydrogens (primary N) is 1. The molecule has 0 saturated carbocycles. The second-order valence-corrected chi connectivity index (χ2v) is 5.75. The summed E-state index contributed by atoms with van der Waals surface area (Å²) in [4.78, 5) is 4.67. The summed E-state index contributed by atoms with van der Waals surface area (Å²) in [6.45, 7) is 0. The van der Waals surface area contributed by atoms with Gasteiger partial charge in [-0.15, -0.1) is 0 Å². The first-order valence-electron chi connectivity index (χ1n) is 6.04. The lowest BCUT2D eigenvalue weighted by molar-refractivity contribution is 0.252. The molecule has 7 heteroatoms. The number of aromatic nitrogens is 2. The average molecular weight is 326 g/mol. The van der Waals surface area contributed by atoms with Gasteiger partial charge in [-0.05, 0) is 30.3 Å². The largest absolute Gasteiger partial charge is 0.369 e. The van der Waals surface area contributed by atoms with E-state index >= 15 is 0 Å². The van der Waals surface area contributed by atoms with Crippen molar-refractivity contribution in [1.29, 1.82) is 0 Å². The van der Waals surface area contributed by atoms with Crippen LogP contribution in [0.5, 0.6) is 0 Å². The van der Waals surface area contributed by atoms with Crippen LogP contribution in [0.1, 0.15) is 0 Å². The van der Waals surface area contributed by atoms with E-state index in [2.05, 4.69) is 4.98 Å². The van der Waals surface area contributed by atoms with Crippen LogP contribution < -0.4 is 5.73 Å². The Labute approximate surface area is 128 Å². The highest BCUT2D eigenvalue weighted by atomic mass is 35.5. The van der Waals surface area contributed by atoms with Crippen LogP contribution in [0.3, 0.4) is 0 Å². The Bertz CT molecular complexity index is 804. The molecule has 0 amide bonds. The molecule has 2 N–H and O–H groups in total. The van der Waals surface area contributed by atoms with Crippen LogP contribution >= 0.6 is 23.4 Å². The van der Waals surface area contributed by atoms with Gasteiger partial charge in [0.05, 0.1) is 16.7 Å². The van der Waals surface area contributed by atoms with Gasteiger partial charge in [0.2, 0.25) is 5.95 Å². The molecule has 3 rings (SSSR count). The average Bonchev–Trinajstić information content (AvgIpc) is 2.74.